The van der Waals surface area contributed by atoms with Crippen LogP contribution in [0, 0.1) is 5.92 Å². The van der Waals surface area contributed by atoms with Crippen LogP contribution in [-0.2, 0) is 16.1 Å². The minimum Gasteiger partial charge on any atom is -0.352 e. The zero-order chi connectivity index (χ0) is 17.1. The molecule has 3 rings (SSSR count). The Bertz CT molecular complexity index is 629. The Labute approximate surface area is 141 Å². The van der Waals surface area contributed by atoms with Crippen LogP contribution in [0.1, 0.15) is 35.7 Å². The third-order valence-corrected chi connectivity index (χ3v) is 4.63. The maximum absolute atomic E-state index is 12.5. The first-order chi connectivity index (χ1) is 11.5. The number of nitrogens with zero attached hydrogens (tertiary/aromatic N) is 2. The van der Waals surface area contributed by atoms with Crippen LogP contribution in [0.3, 0.4) is 0 Å². The number of hydrogen-bond acceptors (Lipinski definition) is 3. The number of benzene rings is 1. The molecule has 0 bridgehead atoms. The summed E-state index contributed by atoms with van der Waals surface area (Å²) in [5.74, 6) is 0.379. The van der Waals surface area contributed by atoms with Crippen LogP contribution >= 0.6 is 0 Å². The van der Waals surface area contributed by atoms with Crippen molar-refractivity contribution in [2.75, 3.05) is 26.2 Å². The summed E-state index contributed by atoms with van der Waals surface area (Å²) in [4.78, 5) is 39.0. The summed E-state index contributed by atoms with van der Waals surface area (Å²) in [6.07, 6.45) is 1.99. The van der Waals surface area contributed by atoms with Gasteiger partial charge in [0.25, 0.3) is 5.91 Å². The van der Waals surface area contributed by atoms with Gasteiger partial charge in [0.2, 0.25) is 11.8 Å². The van der Waals surface area contributed by atoms with Crippen molar-refractivity contribution in [2.45, 2.75) is 26.3 Å². The fraction of sp³-hybridized carbons (Fsp3) is 0.500. The molecule has 3 amide bonds. The predicted octanol–water partition coefficient (Wildman–Crippen LogP) is 1.02. The molecular weight excluding hydrogens is 306 g/mol. The first-order valence-corrected chi connectivity index (χ1v) is 8.46. The van der Waals surface area contributed by atoms with Crippen LogP contribution < -0.4 is 5.32 Å². The van der Waals surface area contributed by atoms with Crippen molar-refractivity contribution in [3.63, 3.8) is 0 Å². The van der Waals surface area contributed by atoms with Gasteiger partial charge in [-0.3, -0.25) is 14.4 Å². The lowest BCUT2D eigenvalue weighted by atomic mass is 10.1. The lowest BCUT2D eigenvalue weighted by Gasteiger charge is -2.34. The van der Waals surface area contributed by atoms with E-state index in [4.69, 9.17) is 0 Å². The molecule has 1 aliphatic heterocycles. The van der Waals surface area contributed by atoms with E-state index in [1.54, 1.807) is 28.9 Å². The van der Waals surface area contributed by atoms with Crippen LogP contribution in [0.5, 0.6) is 0 Å². The van der Waals surface area contributed by atoms with Gasteiger partial charge in [0.15, 0.2) is 0 Å². The van der Waals surface area contributed by atoms with E-state index >= 15 is 0 Å². The van der Waals surface area contributed by atoms with Crippen molar-refractivity contribution in [3.8, 4) is 0 Å². The summed E-state index contributed by atoms with van der Waals surface area (Å²) in [5, 5.41) is 2.92. The highest BCUT2D eigenvalue weighted by Crippen LogP contribution is 2.28. The maximum Gasteiger partial charge on any atom is 0.253 e. The van der Waals surface area contributed by atoms with Crippen LogP contribution in [0.2, 0.25) is 0 Å². The first kappa shape index (κ1) is 16.5. The van der Waals surface area contributed by atoms with E-state index in [0.717, 1.165) is 18.4 Å². The standard InChI is InChI=1S/C18H23N3O3/c1-13(22)20-8-10-21(11-9-20)18(24)16-4-2-14(3-5-16)12-19-17(23)15-6-7-15/h2-5,15H,6-12H2,1H3,(H,19,23). The number of carbonyl (C=O) groups is 3. The monoisotopic (exact) mass is 329 g/mol. The van der Waals surface area contributed by atoms with Gasteiger partial charge in [0.05, 0.1) is 0 Å². The maximum atomic E-state index is 12.5. The van der Waals surface area contributed by atoms with E-state index < -0.39 is 0 Å². The van der Waals surface area contributed by atoms with Gasteiger partial charge in [-0.05, 0) is 30.5 Å². The SMILES string of the molecule is CC(=O)N1CCN(C(=O)c2ccc(CNC(=O)C3CC3)cc2)CC1. The summed E-state index contributed by atoms with van der Waals surface area (Å²) in [6, 6.07) is 7.37. The van der Waals surface area contributed by atoms with Crippen molar-refractivity contribution in [2.24, 2.45) is 5.92 Å². The average Bonchev–Trinajstić information content (AvgIpc) is 3.45. The Morgan fingerprint density at radius 3 is 2.12 bits per heavy atom. The van der Waals surface area contributed by atoms with Gasteiger partial charge in [-0.15, -0.1) is 0 Å². The molecule has 0 atom stereocenters. The molecule has 6 nitrogen and oxygen atoms in total. The van der Waals surface area contributed by atoms with Crippen LogP contribution in [0.25, 0.3) is 0 Å². The second-order valence-electron chi connectivity index (χ2n) is 6.49. The molecule has 6 heteroatoms. The highest BCUT2D eigenvalue weighted by Gasteiger charge is 2.29. The number of piperazine rings is 1. The highest BCUT2D eigenvalue weighted by atomic mass is 16.2. The molecule has 0 unspecified atom stereocenters. The Hall–Kier alpha value is -2.37. The molecular formula is C18H23N3O3. The van der Waals surface area contributed by atoms with E-state index in [0.29, 0.717) is 38.3 Å². The van der Waals surface area contributed by atoms with Gasteiger partial charge >= 0.3 is 0 Å². The smallest absolute Gasteiger partial charge is 0.253 e. The van der Waals surface area contributed by atoms with Gasteiger partial charge in [-0.25, -0.2) is 0 Å². The second kappa shape index (κ2) is 7.03. The van der Waals surface area contributed by atoms with Crippen molar-refractivity contribution in [1.29, 1.82) is 0 Å². The van der Waals surface area contributed by atoms with Crippen molar-refractivity contribution in [3.05, 3.63) is 35.4 Å². The lowest BCUT2D eigenvalue weighted by molar-refractivity contribution is -0.130. The van der Waals surface area contributed by atoms with Crippen molar-refractivity contribution < 1.29 is 14.4 Å². The normalized spacial score (nSPS) is 17.5. The molecule has 1 saturated carbocycles. The van der Waals surface area contributed by atoms with Gasteiger partial charge in [0.1, 0.15) is 0 Å². The Morgan fingerprint density at radius 1 is 1.00 bits per heavy atom. The highest BCUT2D eigenvalue weighted by molar-refractivity contribution is 5.94. The number of carbonyl (C=O) groups excluding carboxylic acids is 3. The Balaban J connectivity index is 1.52. The lowest BCUT2D eigenvalue weighted by Crippen LogP contribution is -2.50. The molecule has 0 radical (unpaired) electrons. The fourth-order valence-corrected chi connectivity index (χ4v) is 2.85. The molecule has 128 valence electrons. The number of amides is 3. The summed E-state index contributed by atoms with van der Waals surface area (Å²) in [6.45, 7) is 4.37. The summed E-state index contributed by atoms with van der Waals surface area (Å²) >= 11 is 0. The molecule has 1 heterocycles. The average molecular weight is 329 g/mol. The fourth-order valence-electron chi connectivity index (χ4n) is 2.85. The zero-order valence-electron chi connectivity index (χ0n) is 14.0. The number of rotatable bonds is 4. The van der Waals surface area contributed by atoms with E-state index in [-0.39, 0.29) is 23.6 Å². The zero-order valence-corrected chi connectivity index (χ0v) is 14.0. The van der Waals surface area contributed by atoms with E-state index in [1.165, 1.54) is 0 Å². The van der Waals surface area contributed by atoms with Crippen molar-refractivity contribution in [1.82, 2.24) is 15.1 Å². The summed E-state index contributed by atoms with van der Waals surface area (Å²) in [7, 11) is 0. The number of hydrogen-bond donors (Lipinski definition) is 1. The third kappa shape index (κ3) is 3.93. The van der Waals surface area contributed by atoms with Crippen LogP contribution in [0.15, 0.2) is 24.3 Å². The number of nitrogens with one attached hydrogen (secondary N) is 1. The topological polar surface area (TPSA) is 69.7 Å². The first-order valence-electron chi connectivity index (χ1n) is 8.46. The molecule has 0 spiro atoms. The molecule has 1 N–H and O–H groups in total. The predicted molar refractivity (Wildman–Crippen MR) is 89.2 cm³/mol. The van der Waals surface area contributed by atoms with E-state index in [2.05, 4.69) is 5.32 Å². The molecule has 1 aromatic rings. The molecule has 24 heavy (non-hydrogen) atoms. The molecule has 1 aromatic carbocycles. The summed E-state index contributed by atoms with van der Waals surface area (Å²) in [5.41, 5.74) is 1.63. The van der Waals surface area contributed by atoms with Gasteiger partial charge in [-0.1, -0.05) is 12.1 Å². The van der Waals surface area contributed by atoms with Gasteiger partial charge < -0.3 is 15.1 Å². The quantitative estimate of drug-likeness (QED) is 0.896. The molecule has 2 aliphatic rings. The molecule has 0 aromatic heterocycles. The summed E-state index contributed by atoms with van der Waals surface area (Å²) < 4.78 is 0. The van der Waals surface area contributed by atoms with Gasteiger partial charge in [0, 0.05) is 51.1 Å². The second-order valence-corrected chi connectivity index (χ2v) is 6.49. The van der Waals surface area contributed by atoms with Crippen molar-refractivity contribution >= 4 is 17.7 Å². The van der Waals surface area contributed by atoms with E-state index in [9.17, 15) is 14.4 Å². The third-order valence-electron chi connectivity index (χ3n) is 4.63. The van der Waals surface area contributed by atoms with Crippen LogP contribution in [-0.4, -0.2) is 53.7 Å². The minimum absolute atomic E-state index is 0.00762. The van der Waals surface area contributed by atoms with Gasteiger partial charge in [-0.2, -0.15) is 0 Å². The van der Waals surface area contributed by atoms with E-state index in [1.807, 2.05) is 12.1 Å². The van der Waals surface area contributed by atoms with Crippen LogP contribution in [0.4, 0.5) is 0 Å². The minimum atomic E-state index is -0.00762. The molecule has 1 aliphatic carbocycles. The Kier molecular flexibility index (Phi) is 4.83. The molecule has 1 saturated heterocycles. The molecule has 2 fully saturated rings. The Morgan fingerprint density at radius 2 is 1.58 bits per heavy atom. The largest absolute Gasteiger partial charge is 0.352 e.